The first-order valence-corrected chi connectivity index (χ1v) is 8.87. The summed E-state index contributed by atoms with van der Waals surface area (Å²) in [5.41, 5.74) is 0.481. The van der Waals surface area contributed by atoms with Gasteiger partial charge in [-0.2, -0.15) is 0 Å². The number of aromatic nitrogens is 1. The fourth-order valence-electron chi connectivity index (χ4n) is 1.90. The number of carbonyl (C=O) groups excluding carboxylic acids is 2. The van der Waals surface area contributed by atoms with Gasteiger partial charge in [-0.15, -0.1) is 11.8 Å². The first kappa shape index (κ1) is 19.2. The van der Waals surface area contributed by atoms with E-state index in [1.807, 2.05) is 6.07 Å². The molecule has 25 heavy (non-hydrogen) atoms. The topological polar surface area (TPSA) is 80.3 Å². The lowest BCUT2D eigenvalue weighted by Crippen LogP contribution is -2.28. The summed E-state index contributed by atoms with van der Waals surface area (Å²) >= 11 is 7.08. The SMILES string of the molecule is COCCNC(=O)CSc1ccccc1C(=O)Nc1ccc(Cl)cn1. The third kappa shape index (κ3) is 6.38. The number of hydrogen-bond acceptors (Lipinski definition) is 5. The highest BCUT2D eigenvalue weighted by Gasteiger charge is 2.13. The predicted octanol–water partition coefficient (Wildman–Crippen LogP) is 2.84. The number of benzene rings is 1. The Kier molecular flexibility index (Phi) is 7.72. The molecule has 0 aliphatic rings. The fourth-order valence-corrected chi connectivity index (χ4v) is 2.89. The number of halogens is 1. The van der Waals surface area contributed by atoms with Crippen molar-refractivity contribution in [3.63, 3.8) is 0 Å². The second-order valence-corrected chi connectivity index (χ2v) is 6.40. The fraction of sp³-hybridized carbons (Fsp3) is 0.235. The summed E-state index contributed by atoms with van der Waals surface area (Å²) in [4.78, 5) is 29.0. The molecule has 0 atom stereocenters. The lowest BCUT2D eigenvalue weighted by Gasteiger charge is -2.10. The first-order valence-electron chi connectivity index (χ1n) is 7.50. The van der Waals surface area contributed by atoms with Crippen molar-refractivity contribution in [1.29, 1.82) is 0 Å². The Morgan fingerprint density at radius 1 is 1.24 bits per heavy atom. The lowest BCUT2D eigenvalue weighted by atomic mass is 10.2. The number of pyridine rings is 1. The largest absolute Gasteiger partial charge is 0.383 e. The molecule has 2 amide bonds. The number of carbonyl (C=O) groups is 2. The number of nitrogens with one attached hydrogen (secondary N) is 2. The Morgan fingerprint density at radius 3 is 2.76 bits per heavy atom. The number of thioether (sulfide) groups is 1. The average molecular weight is 380 g/mol. The van der Waals surface area contributed by atoms with Crippen molar-refractivity contribution >= 4 is 41.0 Å². The Bertz CT molecular complexity index is 725. The molecule has 1 heterocycles. The number of rotatable bonds is 8. The van der Waals surface area contributed by atoms with E-state index < -0.39 is 0 Å². The van der Waals surface area contributed by atoms with Crippen LogP contribution in [0.3, 0.4) is 0 Å². The highest BCUT2D eigenvalue weighted by atomic mass is 35.5. The third-order valence-corrected chi connectivity index (χ3v) is 4.38. The first-order chi connectivity index (χ1) is 12.1. The maximum atomic E-state index is 12.5. The van der Waals surface area contributed by atoms with E-state index in [-0.39, 0.29) is 17.6 Å². The number of ether oxygens (including phenoxy) is 1. The maximum absolute atomic E-state index is 12.5. The lowest BCUT2D eigenvalue weighted by molar-refractivity contribution is -0.118. The molecule has 0 radical (unpaired) electrons. The van der Waals surface area contributed by atoms with Crippen molar-refractivity contribution < 1.29 is 14.3 Å². The molecule has 0 fully saturated rings. The van der Waals surface area contributed by atoms with Gasteiger partial charge < -0.3 is 15.4 Å². The minimum Gasteiger partial charge on any atom is -0.383 e. The minimum absolute atomic E-state index is 0.114. The van der Waals surface area contributed by atoms with Gasteiger partial charge in [0.2, 0.25) is 5.91 Å². The van der Waals surface area contributed by atoms with Gasteiger partial charge >= 0.3 is 0 Å². The van der Waals surface area contributed by atoms with Crippen LogP contribution in [0.4, 0.5) is 5.82 Å². The summed E-state index contributed by atoms with van der Waals surface area (Å²) in [5.74, 6) is 0.216. The standard InChI is InChI=1S/C17H18ClN3O3S/c1-24-9-8-19-16(22)11-25-14-5-3-2-4-13(14)17(23)21-15-7-6-12(18)10-20-15/h2-7,10H,8-9,11H2,1H3,(H,19,22)(H,20,21,23). The van der Waals surface area contributed by atoms with Crippen LogP contribution in [0.15, 0.2) is 47.5 Å². The summed E-state index contributed by atoms with van der Waals surface area (Å²) < 4.78 is 4.88. The Hall–Kier alpha value is -2.09. The van der Waals surface area contributed by atoms with Gasteiger partial charge in [-0.05, 0) is 24.3 Å². The van der Waals surface area contributed by atoms with Gasteiger partial charge in [-0.1, -0.05) is 23.7 Å². The van der Waals surface area contributed by atoms with Gasteiger partial charge in [0, 0.05) is 24.7 Å². The highest BCUT2D eigenvalue weighted by Crippen LogP contribution is 2.23. The zero-order chi connectivity index (χ0) is 18.1. The van der Waals surface area contributed by atoms with Crippen LogP contribution in [-0.4, -0.2) is 42.8 Å². The second kappa shape index (κ2) is 10.0. The zero-order valence-electron chi connectivity index (χ0n) is 13.6. The van der Waals surface area contributed by atoms with E-state index in [2.05, 4.69) is 15.6 Å². The van der Waals surface area contributed by atoms with E-state index in [1.165, 1.54) is 18.0 Å². The van der Waals surface area contributed by atoms with Crippen molar-refractivity contribution in [2.75, 3.05) is 31.3 Å². The van der Waals surface area contributed by atoms with Crippen molar-refractivity contribution in [1.82, 2.24) is 10.3 Å². The van der Waals surface area contributed by atoms with Gasteiger partial charge in [0.15, 0.2) is 0 Å². The molecule has 0 saturated carbocycles. The molecule has 6 nitrogen and oxygen atoms in total. The van der Waals surface area contributed by atoms with Crippen LogP contribution in [0.2, 0.25) is 5.02 Å². The van der Waals surface area contributed by atoms with Crippen LogP contribution in [0.5, 0.6) is 0 Å². The highest BCUT2D eigenvalue weighted by molar-refractivity contribution is 8.00. The number of methoxy groups -OCH3 is 1. The van der Waals surface area contributed by atoms with Crippen LogP contribution < -0.4 is 10.6 Å². The van der Waals surface area contributed by atoms with Crippen LogP contribution in [-0.2, 0) is 9.53 Å². The quantitative estimate of drug-likeness (QED) is 0.544. The number of hydrogen-bond donors (Lipinski definition) is 2. The summed E-state index contributed by atoms with van der Waals surface area (Å²) in [6.45, 7) is 0.920. The smallest absolute Gasteiger partial charge is 0.257 e. The van der Waals surface area contributed by atoms with E-state index in [1.54, 1.807) is 37.4 Å². The minimum atomic E-state index is -0.294. The van der Waals surface area contributed by atoms with Crippen LogP contribution in [0.1, 0.15) is 10.4 Å². The molecule has 132 valence electrons. The maximum Gasteiger partial charge on any atom is 0.257 e. The van der Waals surface area contributed by atoms with E-state index in [0.29, 0.717) is 29.6 Å². The van der Waals surface area contributed by atoms with Crippen molar-refractivity contribution in [2.24, 2.45) is 0 Å². The summed E-state index contributed by atoms with van der Waals surface area (Å²) in [6, 6.07) is 10.4. The predicted molar refractivity (Wildman–Crippen MR) is 99.3 cm³/mol. The van der Waals surface area contributed by atoms with E-state index in [9.17, 15) is 9.59 Å². The van der Waals surface area contributed by atoms with Crippen molar-refractivity contribution in [2.45, 2.75) is 4.90 Å². The molecule has 0 unspecified atom stereocenters. The zero-order valence-corrected chi connectivity index (χ0v) is 15.2. The van der Waals surface area contributed by atoms with Crippen molar-refractivity contribution in [3.8, 4) is 0 Å². The molecular formula is C17H18ClN3O3S. The van der Waals surface area contributed by atoms with Gasteiger partial charge in [-0.3, -0.25) is 9.59 Å². The molecule has 0 spiro atoms. The Balaban J connectivity index is 1.98. The van der Waals surface area contributed by atoms with Crippen LogP contribution >= 0.6 is 23.4 Å². The molecule has 1 aromatic carbocycles. The van der Waals surface area contributed by atoms with Gasteiger partial charge in [-0.25, -0.2) is 4.98 Å². The molecular weight excluding hydrogens is 362 g/mol. The normalized spacial score (nSPS) is 10.3. The number of anilines is 1. The van der Waals surface area contributed by atoms with Gasteiger partial charge in [0.05, 0.1) is 22.9 Å². The molecule has 0 saturated heterocycles. The second-order valence-electron chi connectivity index (χ2n) is 4.94. The monoisotopic (exact) mass is 379 g/mol. The van der Waals surface area contributed by atoms with Gasteiger partial charge in [0.25, 0.3) is 5.91 Å². The van der Waals surface area contributed by atoms with E-state index in [4.69, 9.17) is 16.3 Å². The molecule has 0 bridgehead atoms. The average Bonchev–Trinajstić information content (AvgIpc) is 2.62. The molecule has 2 aromatic rings. The van der Waals surface area contributed by atoms with Crippen LogP contribution in [0.25, 0.3) is 0 Å². The molecule has 0 aliphatic heterocycles. The molecule has 2 rings (SSSR count). The van der Waals surface area contributed by atoms with E-state index in [0.717, 1.165) is 4.90 Å². The van der Waals surface area contributed by atoms with Crippen molar-refractivity contribution in [3.05, 3.63) is 53.2 Å². The van der Waals surface area contributed by atoms with Crippen LogP contribution in [0, 0.1) is 0 Å². The van der Waals surface area contributed by atoms with E-state index >= 15 is 0 Å². The summed E-state index contributed by atoms with van der Waals surface area (Å²) in [7, 11) is 1.57. The summed E-state index contributed by atoms with van der Waals surface area (Å²) in [6.07, 6.45) is 1.46. The molecule has 8 heteroatoms. The molecule has 2 N–H and O–H groups in total. The number of nitrogens with zero attached hydrogens (tertiary/aromatic N) is 1. The molecule has 1 aromatic heterocycles. The number of amides is 2. The third-order valence-electron chi connectivity index (χ3n) is 3.09. The molecule has 0 aliphatic carbocycles. The Morgan fingerprint density at radius 2 is 2.04 bits per heavy atom. The Labute approximate surface area is 155 Å². The summed E-state index contributed by atoms with van der Waals surface area (Å²) in [5, 5.41) is 5.95. The van der Waals surface area contributed by atoms with Gasteiger partial charge in [0.1, 0.15) is 5.82 Å².